The molecule has 4 N–H and O–H groups in total. The molecule has 4 heteroatoms. The van der Waals surface area contributed by atoms with Crippen LogP contribution in [-0.4, -0.2) is 32.4 Å². The van der Waals surface area contributed by atoms with Crippen molar-refractivity contribution in [3.8, 4) is 0 Å². The molecule has 28 valence electrons. The number of hydrogen-bond acceptors (Lipinski definition) is 1. The van der Waals surface area contributed by atoms with E-state index in [4.69, 9.17) is 0 Å². The molecule has 0 spiro atoms. The van der Waals surface area contributed by atoms with Gasteiger partial charge in [-0.1, -0.05) is 0 Å². The van der Waals surface area contributed by atoms with Crippen LogP contribution in [0.3, 0.4) is 0 Å². The Morgan fingerprint density at radius 3 is 1.40 bits per heavy atom. The van der Waals surface area contributed by atoms with Crippen LogP contribution in [0.5, 0.6) is 0 Å². The minimum atomic E-state index is 0. The molecule has 0 saturated heterocycles. The number of hydrogen-bond donors (Lipinski definition) is 2. The van der Waals surface area contributed by atoms with Crippen LogP contribution < -0.4 is 11.5 Å². The summed E-state index contributed by atoms with van der Waals surface area (Å²) in [6, 6.07) is 0. The molecule has 0 amide bonds. The van der Waals surface area contributed by atoms with E-state index < -0.39 is 0 Å². The average molecular weight is 283 g/mol. The summed E-state index contributed by atoms with van der Waals surface area (Å²) in [6.07, 6.45) is 0. The van der Waals surface area contributed by atoms with Crippen LogP contribution in [-0.2, 0) is 0 Å². The zero-order valence-electron chi connectivity index (χ0n) is 2.56. The minimum absolute atomic E-state index is 0. The standard InChI is InChI=1S/CH4N2S.Pb/c2-1(3)4;/h(H4,2,3,4);. The van der Waals surface area contributed by atoms with Gasteiger partial charge in [0.2, 0.25) is 0 Å². The quantitative estimate of drug-likeness (QED) is 0.434. The summed E-state index contributed by atoms with van der Waals surface area (Å²) >= 11 is 4.09. The molecule has 0 rings (SSSR count). The number of thiocarbonyl (C=S) groups is 1. The van der Waals surface area contributed by atoms with Crippen molar-refractivity contribution in [3.05, 3.63) is 0 Å². The molecule has 0 aromatic heterocycles. The predicted octanol–water partition coefficient (Wildman–Crippen LogP) is -1.19. The molecule has 0 fully saturated rings. The SMILES string of the molecule is NC(N)=S.[Pb]. The molecule has 4 radical (unpaired) electrons. The first-order valence-electron chi connectivity index (χ1n) is 0.781. The summed E-state index contributed by atoms with van der Waals surface area (Å²) in [5.74, 6) is 0. The Kier molecular flexibility index (Phi) is 8.44. The van der Waals surface area contributed by atoms with Crippen molar-refractivity contribution in [2.75, 3.05) is 0 Å². The summed E-state index contributed by atoms with van der Waals surface area (Å²) in [4.78, 5) is 0. The first-order valence-corrected chi connectivity index (χ1v) is 1.19. The van der Waals surface area contributed by atoms with Gasteiger partial charge in [-0.3, -0.25) is 0 Å². The van der Waals surface area contributed by atoms with E-state index >= 15 is 0 Å². The molecule has 0 bridgehead atoms. The van der Waals surface area contributed by atoms with Crippen LogP contribution in [0.25, 0.3) is 0 Å². The Bertz CT molecular complexity index is 32.6. The Morgan fingerprint density at radius 1 is 1.40 bits per heavy atom. The zero-order chi connectivity index (χ0) is 3.58. The molecule has 0 aliphatic rings. The van der Waals surface area contributed by atoms with E-state index in [1.165, 1.54) is 0 Å². The molecule has 0 heterocycles. The maximum Gasteiger partial charge on any atom is 0.160 e. The molecular weight excluding hydrogens is 279 g/mol. The van der Waals surface area contributed by atoms with Crippen LogP contribution in [0.15, 0.2) is 0 Å². The second-order valence-electron chi connectivity index (χ2n) is 0.402. The van der Waals surface area contributed by atoms with Crippen molar-refractivity contribution >= 4 is 44.6 Å². The van der Waals surface area contributed by atoms with Gasteiger partial charge in [-0.15, -0.1) is 0 Å². The molecular formula is CH4N2PbS. The fourth-order valence-corrected chi connectivity index (χ4v) is 0. The topological polar surface area (TPSA) is 52.0 Å². The second-order valence-corrected chi connectivity index (χ2v) is 0.874. The van der Waals surface area contributed by atoms with Crippen molar-refractivity contribution < 1.29 is 0 Å². The van der Waals surface area contributed by atoms with Gasteiger partial charge >= 0.3 is 0 Å². The molecule has 0 aromatic carbocycles. The van der Waals surface area contributed by atoms with E-state index in [9.17, 15) is 0 Å². The van der Waals surface area contributed by atoms with E-state index in [1.807, 2.05) is 0 Å². The average Bonchev–Trinajstić information content (AvgIpc) is 0.811. The van der Waals surface area contributed by atoms with Gasteiger partial charge in [0.25, 0.3) is 0 Å². The zero-order valence-corrected chi connectivity index (χ0v) is 7.27. The third-order valence-electron chi connectivity index (χ3n) is 0. The maximum atomic E-state index is 4.62. The van der Waals surface area contributed by atoms with E-state index in [-0.39, 0.29) is 32.4 Å². The van der Waals surface area contributed by atoms with Gasteiger partial charge in [0.05, 0.1) is 0 Å². The largest absolute Gasteiger partial charge is 0.377 e. The molecule has 0 aliphatic carbocycles. The number of rotatable bonds is 0. The molecule has 2 nitrogen and oxygen atoms in total. The smallest absolute Gasteiger partial charge is 0.160 e. The number of nitrogens with two attached hydrogens (primary N) is 2. The minimum Gasteiger partial charge on any atom is -0.377 e. The van der Waals surface area contributed by atoms with Crippen molar-refractivity contribution in [1.82, 2.24) is 0 Å². The van der Waals surface area contributed by atoms with Crippen LogP contribution in [0.1, 0.15) is 0 Å². The van der Waals surface area contributed by atoms with E-state index in [1.54, 1.807) is 0 Å². The van der Waals surface area contributed by atoms with Crippen molar-refractivity contribution in [3.63, 3.8) is 0 Å². The molecule has 0 aromatic rings. The summed E-state index contributed by atoms with van der Waals surface area (Å²) < 4.78 is 0. The maximum absolute atomic E-state index is 4.62. The normalized spacial score (nSPS) is 4.80. The molecule has 0 saturated carbocycles. The first-order chi connectivity index (χ1) is 1.73. The van der Waals surface area contributed by atoms with Crippen molar-refractivity contribution in [1.29, 1.82) is 0 Å². The van der Waals surface area contributed by atoms with Gasteiger partial charge in [-0.05, 0) is 12.2 Å². The monoisotopic (exact) mass is 284 g/mol. The Balaban J connectivity index is 0. The van der Waals surface area contributed by atoms with Gasteiger partial charge in [0, 0.05) is 27.3 Å². The van der Waals surface area contributed by atoms with Crippen LogP contribution in [0.2, 0.25) is 0 Å². The summed E-state index contributed by atoms with van der Waals surface area (Å²) in [6.45, 7) is 0. The van der Waals surface area contributed by atoms with Gasteiger partial charge in [0.1, 0.15) is 0 Å². The third kappa shape index (κ3) is 84.0. The van der Waals surface area contributed by atoms with Crippen LogP contribution in [0.4, 0.5) is 0 Å². The molecule has 0 aliphatic heterocycles. The van der Waals surface area contributed by atoms with Crippen LogP contribution in [0, 0.1) is 0 Å². The van der Waals surface area contributed by atoms with Gasteiger partial charge in [-0.2, -0.15) is 0 Å². The first kappa shape index (κ1) is 9.15. The summed E-state index contributed by atoms with van der Waals surface area (Å²) in [7, 11) is 0. The van der Waals surface area contributed by atoms with Crippen molar-refractivity contribution in [2.24, 2.45) is 11.5 Å². The Labute approximate surface area is 56.1 Å². The van der Waals surface area contributed by atoms with E-state index in [2.05, 4.69) is 23.7 Å². The molecule has 0 unspecified atom stereocenters. The fraction of sp³-hybridized carbons (Fsp3) is 0. The molecule has 0 atom stereocenters. The summed E-state index contributed by atoms with van der Waals surface area (Å²) in [5.41, 5.74) is 9.24. The van der Waals surface area contributed by atoms with Gasteiger partial charge < -0.3 is 11.5 Å². The van der Waals surface area contributed by atoms with Crippen molar-refractivity contribution in [2.45, 2.75) is 0 Å². The fourth-order valence-electron chi connectivity index (χ4n) is 0. The summed E-state index contributed by atoms with van der Waals surface area (Å²) in [5, 5.41) is 0.000000000000000222. The van der Waals surface area contributed by atoms with Crippen LogP contribution >= 0.6 is 12.2 Å². The Hall–Kier alpha value is 0.612. The predicted molar refractivity (Wildman–Crippen MR) is 26.7 cm³/mol. The Morgan fingerprint density at radius 2 is 1.40 bits per heavy atom. The van der Waals surface area contributed by atoms with E-state index in [0.717, 1.165) is 0 Å². The van der Waals surface area contributed by atoms with E-state index in [0.29, 0.717) is 0 Å². The second kappa shape index (κ2) is 4.61. The van der Waals surface area contributed by atoms with Gasteiger partial charge in [0.15, 0.2) is 5.11 Å². The third-order valence-corrected chi connectivity index (χ3v) is 0. The van der Waals surface area contributed by atoms with Gasteiger partial charge in [-0.25, -0.2) is 0 Å². The molecule has 5 heavy (non-hydrogen) atoms.